The van der Waals surface area contributed by atoms with Gasteiger partial charge in [-0.25, -0.2) is 4.79 Å². The quantitative estimate of drug-likeness (QED) is 0.574. The van der Waals surface area contributed by atoms with Crippen molar-refractivity contribution in [3.63, 3.8) is 0 Å². The second-order valence-corrected chi connectivity index (χ2v) is 11.5. The van der Waals surface area contributed by atoms with Crippen molar-refractivity contribution in [2.24, 2.45) is 5.41 Å². The van der Waals surface area contributed by atoms with Gasteiger partial charge in [-0.15, -0.1) is 0 Å². The molecule has 1 aromatic rings. The lowest BCUT2D eigenvalue weighted by Gasteiger charge is -2.38. The first-order valence-corrected chi connectivity index (χ1v) is 12.0. The summed E-state index contributed by atoms with van der Waals surface area (Å²) in [5.74, 6) is 0. The third-order valence-electron chi connectivity index (χ3n) is 3.48. The number of hydroxylamine groups is 2. The minimum atomic E-state index is -1.61. The maximum Gasteiger partial charge on any atom is 0.434 e. The van der Waals surface area contributed by atoms with Gasteiger partial charge >= 0.3 is 6.09 Å². The van der Waals surface area contributed by atoms with Gasteiger partial charge in [0.1, 0.15) is 11.6 Å². The average molecular weight is 382 g/mol. The molecule has 2 atom stereocenters. The maximum absolute atomic E-state index is 12.9. The van der Waals surface area contributed by atoms with E-state index in [1.807, 2.05) is 64.2 Å². The first-order chi connectivity index (χ1) is 11.8. The van der Waals surface area contributed by atoms with Gasteiger partial charge < -0.3 is 14.4 Å². The van der Waals surface area contributed by atoms with E-state index in [0.717, 1.165) is 5.56 Å². The van der Waals surface area contributed by atoms with E-state index in [1.165, 1.54) is 5.06 Å². The van der Waals surface area contributed by atoms with Crippen LogP contribution in [0, 0.1) is 5.41 Å². The topological polar surface area (TPSA) is 59.0 Å². The van der Waals surface area contributed by atoms with Gasteiger partial charge in [-0.05, 0) is 51.3 Å². The summed E-state index contributed by atoms with van der Waals surface area (Å²) in [5.41, 5.74) is 0.0825. The molecule has 0 heterocycles. The number of carbonyl (C=O) groups excluding carboxylic acids is 1. The lowest BCUT2D eigenvalue weighted by atomic mass is 9.85. The molecule has 5 nitrogen and oxygen atoms in total. The Bertz CT molecular complexity index is 563. The van der Waals surface area contributed by atoms with Crippen molar-refractivity contribution in [3.05, 3.63) is 35.9 Å². The molecule has 1 aromatic carbocycles. The Morgan fingerprint density at radius 2 is 1.65 bits per heavy atom. The Balaban J connectivity index is 3.29. The van der Waals surface area contributed by atoms with E-state index < -0.39 is 32.9 Å². The second kappa shape index (κ2) is 9.02. The molecule has 0 saturated carbocycles. The first kappa shape index (κ1) is 22.7. The smallest absolute Gasteiger partial charge is 0.434 e. The molecule has 0 bridgehead atoms. The van der Waals surface area contributed by atoms with Gasteiger partial charge in [0.05, 0.1) is 6.10 Å². The number of amides is 1. The van der Waals surface area contributed by atoms with Crippen LogP contribution in [0.3, 0.4) is 0 Å². The van der Waals surface area contributed by atoms with Crippen LogP contribution in [0.1, 0.15) is 59.6 Å². The van der Waals surface area contributed by atoms with E-state index in [2.05, 4.69) is 20.8 Å². The summed E-state index contributed by atoms with van der Waals surface area (Å²) >= 11 is 0. The molecule has 0 fully saturated rings. The molecule has 1 amide bonds. The molecule has 0 aromatic heterocycles. The van der Waals surface area contributed by atoms with Gasteiger partial charge in [0, 0.05) is 0 Å². The molecule has 1 N–H and O–H groups in total. The van der Waals surface area contributed by atoms with Gasteiger partial charge in [0.25, 0.3) is 0 Å². The summed E-state index contributed by atoms with van der Waals surface area (Å²) in [6, 6.07) is 8.88. The number of rotatable bonds is 6. The zero-order valence-corrected chi connectivity index (χ0v) is 18.6. The molecule has 0 aliphatic carbocycles. The Kier molecular flexibility index (Phi) is 7.86. The van der Waals surface area contributed by atoms with Crippen LogP contribution < -0.4 is 0 Å². The number of nitrogens with zero attached hydrogens (tertiary/aromatic N) is 1. The molecule has 0 radical (unpaired) electrons. The van der Waals surface area contributed by atoms with Crippen molar-refractivity contribution in [2.75, 3.05) is 0 Å². The third-order valence-corrected chi connectivity index (χ3v) is 4.13. The van der Waals surface area contributed by atoms with E-state index in [9.17, 15) is 9.90 Å². The summed E-state index contributed by atoms with van der Waals surface area (Å²) in [5, 5.41) is 12.3. The molecule has 1 rings (SSSR count). The van der Waals surface area contributed by atoms with Gasteiger partial charge in [-0.1, -0.05) is 51.1 Å². The van der Waals surface area contributed by atoms with Crippen molar-refractivity contribution in [2.45, 2.75) is 78.8 Å². The number of carbonyl (C=O) groups is 1. The van der Waals surface area contributed by atoms with E-state index in [1.54, 1.807) is 0 Å². The van der Waals surface area contributed by atoms with Crippen molar-refractivity contribution in [1.29, 1.82) is 0 Å². The SMILES string of the molecule is C[SiH](C)ON(C(=O)OC(C)(C)C)[C@H](c1ccccc1)[C@@H](O)CC(C)(C)C. The summed E-state index contributed by atoms with van der Waals surface area (Å²) < 4.78 is 11.5. The van der Waals surface area contributed by atoms with Crippen LogP contribution in [-0.4, -0.2) is 37.0 Å². The van der Waals surface area contributed by atoms with Crippen molar-refractivity contribution >= 4 is 15.1 Å². The Morgan fingerprint density at radius 1 is 1.12 bits per heavy atom. The van der Waals surface area contributed by atoms with E-state index in [0.29, 0.717) is 6.42 Å². The van der Waals surface area contributed by atoms with Crippen LogP contribution in [0.4, 0.5) is 4.79 Å². The van der Waals surface area contributed by atoms with Crippen LogP contribution in [0.2, 0.25) is 13.1 Å². The third kappa shape index (κ3) is 7.89. The second-order valence-electron chi connectivity index (χ2n) is 9.15. The number of hydrogen-bond donors (Lipinski definition) is 1. The minimum Gasteiger partial charge on any atom is -0.442 e. The monoisotopic (exact) mass is 381 g/mol. The Hall–Kier alpha value is -1.37. The fourth-order valence-electron chi connectivity index (χ4n) is 2.66. The lowest BCUT2D eigenvalue weighted by molar-refractivity contribution is -0.131. The number of benzene rings is 1. The Labute approximate surface area is 160 Å². The van der Waals surface area contributed by atoms with Crippen molar-refractivity contribution < 1.29 is 19.2 Å². The molecule has 6 heteroatoms. The molecular weight excluding hydrogens is 346 g/mol. The molecule has 0 saturated heterocycles. The van der Waals surface area contributed by atoms with Crippen LogP contribution in [0.15, 0.2) is 30.3 Å². The van der Waals surface area contributed by atoms with E-state index in [-0.39, 0.29) is 5.41 Å². The maximum atomic E-state index is 12.9. The molecule has 26 heavy (non-hydrogen) atoms. The van der Waals surface area contributed by atoms with Gasteiger partial charge in [0.2, 0.25) is 9.04 Å². The molecule has 0 aliphatic rings. The summed E-state index contributed by atoms with van der Waals surface area (Å²) in [7, 11) is -1.61. The normalized spacial score (nSPS) is 14.8. The largest absolute Gasteiger partial charge is 0.442 e. The van der Waals surface area contributed by atoms with Crippen molar-refractivity contribution in [3.8, 4) is 0 Å². The molecule has 0 aliphatic heterocycles. The highest BCUT2D eigenvalue weighted by Crippen LogP contribution is 2.33. The lowest BCUT2D eigenvalue weighted by Crippen LogP contribution is -2.46. The molecule has 148 valence electrons. The standard InChI is InChI=1S/C20H35NO4Si/c1-19(2,3)14-16(22)17(15-12-10-9-11-13-15)21(25-26(7)8)18(23)24-20(4,5)6/h9-13,16-17,22,26H,14H2,1-8H3/t16-,17+/m0/s1. The number of aliphatic hydroxyl groups is 1. The van der Waals surface area contributed by atoms with Crippen LogP contribution in [-0.2, 0) is 9.26 Å². The van der Waals surface area contributed by atoms with Crippen LogP contribution in [0.5, 0.6) is 0 Å². The van der Waals surface area contributed by atoms with E-state index in [4.69, 9.17) is 9.26 Å². The van der Waals surface area contributed by atoms with Crippen molar-refractivity contribution in [1.82, 2.24) is 5.06 Å². The number of hydrogen-bond acceptors (Lipinski definition) is 4. The fraction of sp³-hybridized carbons (Fsp3) is 0.650. The summed E-state index contributed by atoms with van der Waals surface area (Å²) in [6.45, 7) is 15.6. The highest BCUT2D eigenvalue weighted by Gasteiger charge is 2.37. The van der Waals surface area contributed by atoms with Crippen LogP contribution in [0.25, 0.3) is 0 Å². The first-order valence-electron chi connectivity index (χ1n) is 9.22. The zero-order valence-electron chi connectivity index (χ0n) is 17.4. The highest BCUT2D eigenvalue weighted by molar-refractivity contribution is 6.48. The molecule has 0 unspecified atom stereocenters. The fourth-order valence-corrected chi connectivity index (χ4v) is 3.33. The zero-order chi connectivity index (χ0) is 20.1. The summed E-state index contributed by atoms with van der Waals surface area (Å²) in [6.07, 6.45) is -0.826. The Morgan fingerprint density at radius 3 is 2.08 bits per heavy atom. The van der Waals surface area contributed by atoms with Gasteiger partial charge in [0.15, 0.2) is 0 Å². The number of aliphatic hydroxyl groups excluding tert-OH is 1. The van der Waals surface area contributed by atoms with Crippen LogP contribution >= 0.6 is 0 Å². The minimum absolute atomic E-state index is 0.0959. The predicted octanol–water partition coefficient (Wildman–Crippen LogP) is 4.68. The average Bonchev–Trinajstić information content (AvgIpc) is 2.43. The van der Waals surface area contributed by atoms with Gasteiger partial charge in [-0.2, -0.15) is 5.06 Å². The van der Waals surface area contributed by atoms with Gasteiger partial charge in [-0.3, -0.25) is 0 Å². The molecule has 0 spiro atoms. The predicted molar refractivity (Wildman–Crippen MR) is 107 cm³/mol. The number of ether oxygens (including phenoxy) is 1. The van der Waals surface area contributed by atoms with E-state index >= 15 is 0 Å². The molecular formula is C20H35NO4Si. The summed E-state index contributed by atoms with van der Waals surface area (Å²) in [4.78, 5) is 12.9. The highest BCUT2D eigenvalue weighted by atomic mass is 28.3.